The van der Waals surface area contributed by atoms with Crippen LogP contribution in [0.1, 0.15) is 18.5 Å². The average molecular weight is 269 g/mol. The number of halogens is 1. The number of imidazole rings is 1. The van der Waals surface area contributed by atoms with Crippen LogP contribution in [0.5, 0.6) is 0 Å². The van der Waals surface area contributed by atoms with Crippen LogP contribution in [0.25, 0.3) is 16.9 Å². The third kappa shape index (κ3) is 2.08. The second kappa shape index (κ2) is 5.06. The number of pyridine rings is 1. The number of benzene rings is 1. The van der Waals surface area contributed by atoms with Gasteiger partial charge < -0.3 is 5.32 Å². The van der Waals surface area contributed by atoms with Crippen LogP contribution >= 0.6 is 0 Å². The van der Waals surface area contributed by atoms with Gasteiger partial charge in [-0.25, -0.2) is 9.37 Å². The third-order valence-corrected chi connectivity index (χ3v) is 3.63. The van der Waals surface area contributed by atoms with Crippen molar-refractivity contribution in [1.82, 2.24) is 14.7 Å². The summed E-state index contributed by atoms with van der Waals surface area (Å²) in [6, 6.07) is 11.1. The summed E-state index contributed by atoms with van der Waals surface area (Å²) in [6.07, 6.45) is 3.56. The normalized spacial score (nSPS) is 12.8. The van der Waals surface area contributed by atoms with E-state index in [-0.39, 0.29) is 11.9 Å². The van der Waals surface area contributed by atoms with E-state index in [9.17, 15) is 4.39 Å². The topological polar surface area (TPSA) is 29.3 Å². The lowest BCUT2D eigenvalue weighted by molar-refractivity contribution is 0.621. The third-order valence-electron chi connectivity index (χ3n) is 3.63. The van der Waals surface area contributed by atoms with Crippen molar-refractivity contribution in [1.29, 1.82) is 0 Å². The summed E-state index contributed by atoms with van der Waals surface area (Å²) in [4.78, 5) is 4.24. The second-order valence-corrected chi connectivity index (χ2v) is 4.82. The molecule has 0 aliphatic rings. The second-order valence-electron chi connectivity index (χ2n) is 4.82. The molecule has 0 aliphatic carbocycles. The summed E-state index contributed by atoms with van der Waals surface area (Å²) < 4.78 is 16.1. The zero-order valence-electron chi connectivity index (χ0n) is 11.5. The van der Waals surface area contributed by atoms with Crippen molar-refractivity contribution in [3.05, 3.63) is 60.2 Å². The van der Waals surface area contributed by atoms with Crippen molar-refractivity contribution >= 4 is 5.65 Å². The maximum Gasteiger partial charge on any atom is 0.137 e. The highest BCUT2D eigenvalue weighted by atomic mass is 19.1. The predicted molar refractivity (Wildman–Crippen MR) is 78.1 cm³/mol. The van der Waals surface area contributed by atoms with Gasteiger partial charge >= 0.3 is 0 Å². The summed E-state index contributed by atoms with van der Waals surface area (Å²) in [5, 5.41) is 3.17. The number of hydrogen-bond donors (Lipinski definition) is 1. The molecule has 0 bridgehead atoms. The molecule has 1 aromatic carbocycles. The van der Waals surface area contributed by atoms with Crippen molar-refractivity contribution in [2.24, 2.45) is 0 Å². The molecule has 1 N–H and O–H groups in total. The first kappa shape index (κ1) is 12.8. The van der Waals surface area contributed by atoms with Gasteiger partial charge in [0.1, 0.15) is 11.5 Å². The molecule has 0 saturated heterocycles. The van der Waals surface area contributed by atoms with Gasteiger partial charge in [-0.2, -0.15) is 0 Å². The smallest absolute Gasteiger partial charge is 0.137 e. The van der Waals surface area contributed by atoms with E-state index in [1.807, 2.05) is 48.0 Å². The van der Waals surface area contributed by atoms with Gasteiger partial charge in [-0.05, 0) is 43.8 Å². The lowest BCUT2D eigenvalue weighted by Gasteiger charge is -2.13. The fourth-order valence-corrected chi connectivity index (χ4v) is 2.34. The van der Waals surface area contributed by atoms with E-state index >= 15 is 0 Å². The Bertz CT molecular complexity index is 748. The molecule has 1 atom stereocenters. The first-order valence-electron chi connectivity index (χ1n) is 6.60. The maximum atomic E-state index is 14.2. The fraction of sp³-hybridized carbons (Fsp3) is 0.188. The molecule has 2 aromatic heterocycles. The molecule has 0 fully saturated rings. The Hall–Kier alpha value is -2.20. The molecular formula is C16H16FN3. The molecule has 102 valence electrons. The van der Waals surface area contributed by atoms with Gasteiger partial charge in [-0.3, -0.25) is 4.40 Å². The Morgan fingerprint density at radius 3 is 2.90 bits per heavy atom. The van der Waals surface area contributed by atoms with Crippen LogP contribution in [-0.4, -0.2) is 16.4 Å². The van der Waals surface area contributed by atoms with Crippen LogP contribution in [0, 0.1) is 5.82 Å². The average Bonchev–Trinajstić information content (AvgIpc) is 2.95. The summed E-state index contributed by atoms with van der Waals surface area (Å²) in [5.41, 5.74) is 3.27. The van der Waals surface area contributed by atoms with Crippen molar-refractivity contribution in [3.8, 4) is 11.3 Å². The van der Waals surface area contributed by atoms with Gasteiger partial charge in [-0.15, -0.1) is 0 Å². The molecule has 0 aliphatic heterocycles. The molecule has 2 heterocycles. The molecular weight excluding hydrogens is 253 g/mol. The minimum atomic E-state index is -0.224. The predicted octanol–water partition coefficient (Wildman–Crippen LogP) is 3.42. The minimum absolute atomic E-state index is 0.177. The van der Waals surface area contributed by atoms with Gasteiger partial charge in [0.2, 0.25) is 0 Å². The van der Waals surface area contributed by atoms with E-state index in [0.29, 0.717) is 5.56 Å². The lowest BCUT2D eigenvalue weighted by Crippen LogP contribution is -2.12. The maximum absolute atomic E-state index is 14.2. The van der Waals surface area contributed by atoms with Crippen molar-refractivity contribution in [2.75, 3.05) is 7.05 Å². The zero-order chi connectivity index (χ0) is 14.1. The quantitative estimate of drug-likeness (QED) is 0.789. The number of aromatic nitrogens is 2. The standard InChI is InChI=1S/C16H16FN3/c1-11(18-2)12-6-7-14(17)13(10-12)15-4-3-5-16-19-8-9-20(15)16/h3-11,18H,1-2H3. The number of nitrogens with zero attached hydrogens (tertiary/aromatic N) is 2. The molecule has 3 rings (SSSR count). The summed E-state index contributed by atoms with van der Waals surface area (Å²) in [5.74, 6) is -0.224. The molecule has 1 unspecified atom stereocenters. The first-order chi connectivity index (χ1) is 9.70. The lowest BCUT2D eigenvalue weighted by atomic mass is 10.0. The van der Waals surface area contributed by atoms with E-state index in [0.717, 1.165) is 16.9 Å². The number of nitrogens with one attached hydrogen (secondary N) is 1. The van der Waals surface area contributed by atoms with Crippen LogP contribution < -0.4 is 5.32 Å². The molecule has 0 saturated carbocycles. The number of hydrogen-bond acceptors (Lipinski definition) is 2. The minimum Gasteiger partial charge on any atom is -0.313 e. The van der Waals surface area contributed by atoms with Crippen LogP contribution in [0.2, 0.25) is 0 Å². The fourth-order valence-electron chi connectivity index (χ4n) is 2.34. The van der Waals surface area contributed by atoms with E-state index in [2.05, 4.69) is 17.2 Å². The zero-order valence-corrected chi connectivity index (χ0v) is 11.5. The van der Waals surface area contributed by atoms with E-state index in [1.54, 1.807) is 6.20 Å². The first-order valence-corrected chi connectivity index (χ1v) is 6.60. The Kier molecular flexibility index (Phi) is 3.24. The SMILES string of the molecule is CNC(C)c1ccc(F)c(-c2cccc3nccn23)c1. The summed E-state index contributed by atoms with van der Waals surface area (Å²) >= 11 is 0. The number of fused-ring (bicyclic) bond motifs is 1. The molecule has 20 heavy (non-hydrogen) atoms. The Labute approximate surface area is 117 Å². The molecule has 0 amide bonds. The Morgan fingerprint density at radius 1 is 1.25 bits per heavy atom. The molecule has 3 nitrogen and oxygen atoms in total. The molecule has 0 spiro atoms. The summed E-state index contributed by atoms with van der Waals surface area (Å²) in [6.45, 7) is 2.05. The highest BCUT2D eigenvalue weighted by Crippen LogP contribution is 2.26. The van der Waals surface area contributed by atoms with Crippen molar-refractivity contribution in [3.63, 3.8) is 0 Å². The summed E-state index contributed by atoms with van der Waals surface area (Å²) in [7, 11) is 1.89. The van der Waals surface area contributed by atoms with Crippen molar-refractivity contribution < 1.29 is 4.39 Å². The van der Waals surface area contributed by atoms with E-state index < -0.39 is 0 Å². The van der Waals surface area contributed by atoms with Crippen LogP contribution in [-0.2, 0) is 0 Å². The van der Waals surface area contributed by atoms with Gasteiger partial charge in [-0.1, -0.05) is 12.1 Å². The van der Waals surface area contributed by atoms with Crippen LogP contribution in [0.15, 0.2) is 48.8 Å². The van der Waals surface area contributed by atoms with Gasteiger partial charge in [0.05, 0.1) is 5.69 Å². The molecule has 3 aromatic rings. The Balaban J connectivity index is 2.20. The number of rotatable bonds is 3. The highest BCUT2D eigenvalue weighted by Gasteiger charge is 2.12. The highest BCUT2D eigenvalue weighted by molar-refractivity contribution is 5.65. The largest absolute Gasteiger partial charge is 0.313 e. The van der Waals surface area contributed by atoms with Crippen LogP contribution in [0.3, 0.4) is 0 Å². The Morgan fingerprint density at radius 2 is 2.10 bits per heavy atom. The van der Waals surface area contributed by atoms with Gasteiger partial charge in [0.15, 0.2) is 0 Å². The molecule has 4 heteroatoms. The van der Waals surface area contributed by atoms with Crippen LogP contribution in [0.4, 0.5) is 4.39 Å². The monoisotopic (exact) mass is 269 g/mol. The van der Waals surface area contributed by atoms with E-state index in [1.165, 1.54) is 6.07 Å². The van der Waals surface area contributed by atoms with Gasteiger partial charge in [0, 0.05) is 24.0 Å². The van der Waals surface area contributed by atoms with Gasteiger partial charge in [0.25, 0.3) is 0 Å². The van der Waals surface area contributed by atoms with E-state index in [4.69, 9.17) is 0 Å². The molecule has 0 radical (unpaired) electrons. The van der Waals surface area contributed by atoms with Crippen molar-refractivity contribution in [2.45, 2.75) is 13.0 Å².